The molecule has 0 spiro atoms. The van der Waals surface area contributed by atoms with E-state index in [4.69, 9.17) is 10.8 Å². The largest absolute Gasteiger partial charge is 0.480 e. The van der Waals surface area contributed by atoms with Gasteiger partial charge in [0.15, 0.2) is 0 Å². The lowest BCUT2D eigenvalue weighted by Gasteiger charge is -2.31. The van der Waals surface area contributed by atoms with Crippen LogP contribution in [0.4, 0.5) is 5.69 Å². The molecule has 3 N–H and O–H groups in total. The zero-order valence-electron chi connectivity index (χ0n) is 10.9. The molecule has 7 nitrogen and oxygen atoms in total. The smallest absolute Gasteiger partial charge is 0.325 e. The van der Waals surface area contributed by atoms with Crippen molar-refractivity contribution in [3.05, 3.63) is 29.8 Å². The third-order valence-electron chi connectivity index (χ3n) is 3.22. The fourth-order valence-corrected chi connectivity index (χ4v) is 1.96. The predicted octanol–water partition coefficient (Wildman–Crippen LogP) is -0.424. The molecule has 0 aliphatic carbocycles. The summed E-state index contributed by atoms with van der Waals surface area (Å²) in [4.78, 5) is 37.0. The molecule has 7 heteroatoms. The lowest BCUT2D eigenvalue weighted by atomic mass is 10.1. The minimum atomic E-state index is -1.12. The zero-order valence-corrected chi connectivity index (χ0v) is 10.9. The van der Waals surface area contributed by atoms with Gasteiger partial charge in [0.2, 0.25) is 11.8 Å². The average Bonchev–Trinajstić information content (AvgIpc) is 2.42. The Morgan fingerprint density at radius 2 is 1.80 bits per heavy atom. The van der Waals surface area contributed by atoms with E-state index < -0.39 is 12.0 Å². The van der Waals surface area contributed by atoms with E-state index in [1.807, 2.05) is 0 Å². The topological polar surface area (TPSA) is 104 Å². The fraction of sp³-hybridized carbons (Fsp3) is 0.308. The Morgan fingerprint density at radius 3 is 2.35 bits per heavy atom. The van der Waals surface area contributed by atoms with Gasteiger partial charge in [-0.2, -0.15) is 0 Å². The van der Waals surface area contributed by atoms with E-state index in [2.05, 4.69) is 0 Å². The van der Waals surface area contributed by atoms with Crippen LogP contribution in [0, 0.1) is 0 Å². The number of carboxylic acid groups (broad SMARTS) is 1. The van der Waals surface area contributed by atoms with Gasteiger partial charge >= 0.3 is 5.97 Å². The summed E-state index contributed by atoms with van der Waals surface area (Å²) in [5.41, 5.74) is 6.49. The number of carbonyl (C=O) groups is 3. The Hall–Kier alpha value is -2.41. The Morgan fingerprint density at radius 1 is 1.20 bits per heavy atom. The van der Waals surface area contributed by atoms with Crippen molar-refractivity contribution >= 4 is 23.5 Å². The van der Waals surface area contributed by atoms with E-state index in [0.29, 0.717) is 11.3 Å². The molecule has 1 saturated heterocycles. The number of hydrogen-bond acceptors (Lipinski definition) is 4. The van der Waals surface area contributed by atoms with Crippen molar-refractivity contribution in [2.45, 2.75) is 6.04 Å². The van der Waals surface area contributed by atoms with E-state index in [1.165, 1.54) is 9.80 Å². The number of nitrogens with two attached hydrogens (primary N) is 1. The number of amides is 2. The Labute approximate surface area is 115 Å². The number of carbonyl (C=O) groups excluding carboxylic acids is 2. The minimum Gasteiger partial charge on any atom is -0.480 e. The first kappa shape index (κ1) is 14.0. The van der Waals surface area contributed by atoms with Crippen LogP contribution in [0.3, 0.4) is 0 Å². The molecule has 1 atom stereocenters. The molecule has 1 aromatic rings. The van der Waals surface area contributed by atoms with Crippen LogP contribution in [0.2, 0.25) is 0 Å². The number of hydrogen-bond donors (Lipinski definition) is 2. The van der Waals surface area contributed by atoms with Crippen LogP contribution in [0.25, 0.3) is 0 Å². The molecule has 0 saturated carbocycles. The first-order chi connectivity index (χ1) is 9.40. The summed E-state index contributed by atoms with van der Waals surface area (Å²) in [7, 11) is 1.58. The van der Waals surface area contributed by atoms with Gasteiger partial charge in [0, 0.05) is 12.7 Å². The van der Waals surface area contributed by atoms with Crippen molar-refractivity contribution in [3.63, 3.8) is 0 Å². The van der Waals surface area contributed by atoms with Crippen molar-refractivity contribution in [2.75, 3.05) is 25.0 Å². The van der Waals surface area contributed by atoms with Gasteiger partial charge in [0.25, 0.3) is 0 Å². The highest BCUT2D eigenvalue weighted by Crippen LogP contribution is 2.20. The van der Waals surface area contributed by atoms with E-state index >= 15 is 0 Å². The molecule has 1 aromatic carbocycles. The molecular weight excluding hydrogens is 262 g/mol. The van der Waals surface area contributed by atoms with Gasteiger partial charge in [-0.15, -0.1) is 0 Å². The Kier molecular flexibility index (Phi) is 3.71. The van der Waals surface area contributed by atoms with Crippen molar-refractivity contribution < 1.29 is 19.5 Å². The molecule has 2 amide bonds. The molecule has 1 heterocycles. The summed E-state index contributed by atoms with van der Waals surface area (Å²) in [5, 5.41) is 8.82. The molecule has 0 radical (unpaired) electrons. The molecule has 20 heavy (non-hydrogen) atoms. The molecule has 2 rings (SSSR count). The number of aliphatic carboxylic acids is 1. The first-order valence-corrected chi connectivity index (χ1v) is 6.03. The van der Waals surface area contributed by atoms with Crippen molar-refractivity contribution in [2.24, 2.45) is 5.73 Å². The number of benzene rings is 1. The van der Waals surface area contributed by atoms with Crippen LogP contribution < -0.4 is 10.6 Å². The maximum atomic E-state index is 11.9. The highest BCUT2D eigenvalue weighted by molar-refractivity contribution is 6.04. The van der Waals surface area contributed by atoms with Gasteiger partial charge in [0.05, 0.1) is 6.54 Å². The predicted molar refractivity (Wildman–Crippen MR) is 71.0 cm³/mol. The van der Waals surface area contributed by atoms with Gasteiger partial charge in [-0.1, -0.05) is 12.1 Å². The van der Waals surface area contributed by atoms with Gasteiger partial charge in [0.1, 0.15) is 12.6 Å². The van der Waals surface area contributed by atoms with Crippen LogP contribution in [0.5, 0.6) is 0 Å². The molecule has 0 bridgehead atoms. The molecular formula is C13H15N3O4. The van der Waals surface area contributed by atoms with E-state index in [9.17, 15) is 14.4 Å². The maximum absolute atomic E-state index is 11.9. The fourth-order valence-electron chi connectivity index (χ4n) is 1.96. The monoisotopic (exact) mass is 277 g/mol. The van der Waals surface area contributed by atoms with Crippen molar-refractivity contribution in [1.82, 2.24) is 4.90 Å². The minimum absolute atomic E-state index is 0.0142. The van der Waals surface area contributed by atoms with Crippen LogP contribution in [-0.4, -0.2) is 47.9 Å². The third-order valence-corrected chi connectivity index (χ3v) is 3.22. The molecule has 1 aliphatic rings. The van der Waals surface area contributed by atoms with Crippen LogP contribution >= 0.6 is 0 Å². The summed E-state index contributed by atoms with van der Waals surface area (Å²) in [6.07, 6.45) is 0. The van der Waals surface area contributed by atoms with Crippen molar-refractivity contribution in [3.8, 4) is 0 Å². The van der Waals surface area contributed by atoms with E-state index in [0.717, 1.165) is 0 Å². The van der Waals surface area contributed by atoms with Crippen LogP contribution in [-0.2, 0) is 14.4 Å². The summed E-state index contributed by atoms with van der Waals surface area (Å²) in [6, 6.07) is 5.17. The van der Waals surface area contributed by atoms with Crippen molar-refractivity contribution in [1.29, 1.82) is 0 Å². The average molecular weight is 277 g/mol. The van der Waals surface area contributed by atoms with Gasteiger partial charge in [-0.05, 0) is 17.7 Å². The standard InChI is InChI=1S/C13H15N3O4/c1-15-6-11(18)16(7-10(15)17)9-4-2-8(3-5-9)12(14)13(19)20/h2-5,12H,6-7,14H2,1H3,(H,19,20). The Balaban J connectivity index is 2.20. The van der Waals surface area contributed by atoms with Gasteiger partial charge in [-0.25, -0.2) is 0 Å². The molecule has 106 valence electrons. The normalized spacial score (nSPS) is 17.3. The summed E-state index contributed by atoms with van der Waals surface area (Å²) < 4.78 is 0. The second kappa shape index (κ2) is 5.30. The second-order valence-electron chi connectivity index (χ2n) is 4.64. The highest BCUT2D eigenvalue weighted by Gasteiger charge is 2.28. The SMILES string of the molecule is CN1CC(=O)N(c2ccc(C(N)C(=O)O)cc2)CC1=O. The Bertz CT molecular complexity index is 555. The second-order valence-corrected chi connectivity index (χ2v) is 4.64. The molecule has 1 unspecified atom stereocenters. The molecule has 1 aliphatic heterocycles. The van der Waals surface area contributed by atoms with Gasteiger partial charge < -0.3 is 20.6 Å². The number of likely N-dealkylation sites (N-methyl/N-ethyl adjacent to an activating group) is 1. The quantitative estimate of drug-likeness (QED) is 0.780. The van der Waals surface area contributed by atoms with Crippen LogP contribution in [0.15, 0.2) is 24.3 Å². The van der Waals surface area contributed by atoms with Crippen LogP contribution in [0.1, 0.15) is 11.6 Å². The number of rotatable bonds is 3. The number of carboxylic acids is 1. The summed E-state index contributed by atoms with van der Waals surface area (Å²) in [5.74, 6) is -1.44. The number of nitrogens with zero attached hydrogens (tertiary/aromatic N) is 2. The highest BCUT2D eigenvalue weighted by atomic mass is 16.4. The molecule has 0 aromatic heterocycles. The van der Waals surface area contributed by atoms with E-state index in [-0.39, 0.29) is 24.9 Å². The lowest BCUT2D eigenvalue weighted by Crippen LogP contribution is -2.52. The maximum Gasteiger partial charge on any atom is 0.325 e. The number of anilines is 1. The zero-order chi connectivity index (χ0) is 14.9. The molecule has 1 fully saturated rings. The summed E-state index contributed by atoms with van der Waals surface area (Å²) in [6.45, 7) is 0.0227. The lowest BCUT2D eigenvalue weighted by molar-refractivity contribution is -0.138. The summed E-state index contributed by atoms with van der Waals surface area (Å²) >= 11 is 0. The number of piperazine rings is 1. The third kappa shape index (κ3) is 2.62. The van der Waals surface area contributed by atoms with Gasteiger partial charge in [-0.3, -0.25) is 14.4 Å². The first-order valence-electron chi connectivity index (χ1n) is 6.03. The van der Waals surface area contributed by atoms with E-state index in [1.54, 1.807) is 31.3 Å².